The zero-order valence-corrected chi connectivity index (χ0v) is 18.4. The summed E-state index contributed by atoms with van der Waals surface area (Å²) in [5, 5.41) is -1.55. The van der Waals surface area contributed by atoms with Crippen LogP contribution in [0.3, 0.4) is 0 Å². The number of hydrogen-bond donors (Lipinski definition) is 0. The maximum atomic E-state index is 14.2. The van der Waals surface area contributed by atoms with Crippen molar-refractivity contribution in [2.45, 2.75) is 57.3 Å². The molecular weight excluding hydrogens is 403 g/mol. The molecule has 1 aromatic rings. The van der Waals surface area contributed by atoms with Crippen molar-refractivity contribution in [3.63, 3.8) is 0 Å². The number of carbonyl (C=O) groups is 2. The summed E-state index contributed by atoms with van der Waals surface area (Å²) in [4.78, 5) is 33.1. The fraction of sp³-hybridized carbons (Fsp3) is 0.591. The zero-order chi connectivity index (χ0) is 21.4. The number of imide groups is 1. The van der Waals surface area contributed by atoms with Crippen molar-refractivity contribution in [2.75, 3.05) is 13.2 Å². The first-order chi connectivity index (χ1) is 14.5. The van der Waals surface area contributed by atoms with Crippen LogP contribution in [0.4, 0.5) is 0 Å². The summed E-state index contributed by atoms with van der Waals surface area (Å²) in [7, 11) is -3.92. The van der Waals surface area contributed by atoms with Crippen molar-refractivity contribution in [3.05, 3.63) is 35.9 Å². The Morgan fingerprint density at radius 1 is 1.03 bits per heavy atom. The third kappa shape index (κ3) is 3.10. The number of nitrogens with zero attached hydrogens (tertiary/aromatic N) is 2. The summed E-state index contributed by atoms with van der Waals surface area (Å²) in [5.41, 5.74) is 0.575. The molecule has 3 atom stereocenters. The Morgan fingerprint density at radius 2 is 1.67 bits per heavy atom. The van der Waals surface area contributed by atoms with E-state index in [2.05, 4.69) is 4.99 Å². The van der Waals surface area contributed by atoms with Gasteiger partial charge in [0.15, 0.2) is 5.28 Å². The molecule has 2 heterocycles. The number of aliphatic imine (C=N–C) groups is 1. The van der Waals surface area contributed by atoms with Gasteiger partial charge in [-0.25, -0.2) is 0 Å². The fourth-order valence-electron chi connectivity index (χ4n) is 5.17. The minimum Gasteiger partial charge on any atom is -0.307 e. The summed E-state index contributed by atoms with van der Waals surface area (Å²) in [6.07, 6.45) is 6.28. The van der Waals surface area contributed by atoms with Crippen LogP contribution in [0, 0.1) is 11.8 Å². The summed E-state index contributed by atoms with van der Waals surface area (Å²) < 4.78 is 25.6. The molecule has 4 rings (SSSR count). The molecule has 3 aliphatic rings. The van der Waals surface area contributed by atoms with E-state index in [1.165, 1.54) is 11.1 Å². The molecule has 2 aliphatic heterocycles. The van der Waals surface area contributed by atoms with Crippen LogP contribution in [-0.4, -0.2) is 42.2 Å². The highest BCUT2D eigenvalue weighted by atomic mass is 31.2. The van der Waals surface area contributed by atoms with Crippen LogP contribution in [-0.2, 0) is 28.5 Å². The molecule has 30 heavy (non-hydrogen) atoms. The van der Waals surface area contributed by atoms with Gasteiger partial charge < -0.3 is 9.05 Å². The highest BCUT2D eigenvalue weighted by Gasteiger charge is 2.70. The van der Waals surface area contributed by atoms with Crippen molar-refractivity contribution >= 4 is 25.6 Å². The fourth-order valence-corrected chi connectivity index (χ4v) is 7.60. The van der Waals surface area contributed by atoms with E-state index in [9.17, 15) is 14.2 Å². The summed E-state index contributed by atoms with van der Waals surface area (Å²) in [5.74, 6) is -2.21. The second kappa shape index (κ2) is 8.37. The summed E-state index contributed by atoms with van der Waals surface area (Å²) in [6.45, 7) is 3.76. The van der Waals surface area contributed by atoms with Gasteiger partial charge in [0.1, 0.15) is 0 Å². The van der Waals surface area contributed by atoms with Gasteiger partial charge in [-0.15, -0.1) is 0 Å². The molecule has 2 amide bonds. The smallest absolute Gasteiger partial charge is 0.307 e. The Kier molecular flexibility index (Phi) is 5.97. The Labute approximate surface area is 177 Å². The molecule has 162 valence electrons. The molecule has 0 bridgehead atoms. The SMILES string of the molecule is CCOP(=O)(OCC)C1(c2ccccc2)N=CC2C(=O)N(C3CCCCC3)C(=O)C21. The lowest BCUT2D eigenvalue weighted by molar-refractivity contribution is -0.143. The van der Waals surface area contributed by atoms with E-state index in [-0.39, 0.29) is 31.1 Å². The number of benzene rings is 1. The maximum Gasteiger partial charge on any atom is 0.363 e. The van der Waals surface area contributed by atoms with E-state index >= 15 is 0 Å². The van der Waals surface area contributed by atoms with Gasteiger partial charge in [-0.1, -0.05) is 49.6 Å². The Bertz CT molecular complexity index is 873. The topological polar surface area (TPSA) is 85.3 Å². The molecule has 1 saturated heterocycles. The first-order valence-electron chi connectivity index (χ1n) is 10.9. The minimum absolute atomic E-state index is 0.0928. The normalized spacial score (nSPS) is 29.6. The van der Waals surface area contributed by atoms with Gasteiger partial charge in [-0.05, 0) is 32.3 Å². The van der Waals surface area contributed by atoms with Crippen LogP contribution in [0.5, 0.6) is 0 Å². The number of amides is 2. The van der Waals surface area contributed by atoms with Crippen LogP contribution in [0.15, 0.2) is 35.3 Å². The monoisotopic (exact) mass is 432 g/mol. The number of fused-ring (bicyclic) bond motifs is 1. The van der Waals surface area contributed by atoms with Crippen molar-refractivity contribution in [2.24, 2.45) is 16.8 Å². The molecule has 2 fully saturated rings. The van der Waals surface area contributed by atoms with E-state index < -0.39 is 24.7 Å². The molecule has 0 N–H and O–H groups in total. The third-order valence-electron chi connectivity index (χ3n) is 6.40. The van der Waals surface area contributed by atoms with Crippen molar-refractivity contribution in [1.29, 1.82) is 0 Å². The van der Waals surface area contributed by atoms with Crippen molar-refractivity contribution in [3.8, 4) is 0 Å². The average molecular weight is 432 g/mol. The van der Waals surface area contributed by atoms with Gasteiger partial charge in [0.25, 0.3) is 0 Å². The van der Waals surface area contributed by atoms with Gasteiger partial charge in [-0.2, -0.15) is 0 Å². The number of rotatable bonds is 7. The van der Waals surface area contributed by atoms with E-state index in [1.807, 2.05) is 18.2 Å². The van der Waals surface area contributed by atoms with Crippen LogP contribution in [0.25, 0.3) is 0 Å². The lowest BCUT2D eigenvalue weighted by atomic mass is 9.87. The largest absolute Gasteiger partial charge is 0.363 e. The quantitative estimate of drug-likeness (QED) is 0.478. The zero-order valence-electron chi connectivity index (χ0n) is 17.5. The Hall–Kier alpha value is -1.82. The number of carbonyl (C=O) groups excluding carboxylic acids is 2. The molecular formula is C22H29N2O5P. The predicted molar refractivity (Wildman–Crippen MR) is 113 cm³/mol. The molecule has 0 aromatic heterocycles. The van der Waals surface area contributed by atoms with E-state index in [0.717, 1.165) is 32.1 Å². The van der Waals surface area contributed by atoms with Crippen LogP contribution < -0.4 is 0 Å². The predicted octanol–water partition coefficient (Wildman–Crippen LogP) is 4.12. The molecule has 0 spiro atoms. The van der Waals surface area contributed by atoms with Crippen molar-refractivity contribution in [1.82, 2.24) is 4.90 Å². The van der Waals surface area contributed by atoms with Crippen LogP contribution in [0.1, 0.15) is 51.5 Å². The second-order valence-electron chi connectivity index (χ2n) is 8.05. The van der Waals surface area contributed by atoms with Crippen LogP contribution >= 0.6 is 7.60 Å². The van der Waals surface area contributed by atoms with E-state index in [1.54, 1.807) is 26.0 Å². The van der Waals surface area contributed by atoms with Gasteiger partial charge in [0, 0.05) is 12.3 Å². The lowest BCUT2D eigenvalue weighted by Crippen LogP contribution is -2.44. The molecule has 8 heteroatoms. The van der Waals surface area contributed by atoms with E-state index in [4.69, 9.17) is 9.05 Å². The molecule has 1 aliphatic carbocycles. The average Bonchev–Trinajstić information content (AvgIpc) is 3.28. The van der Waals surface area contributed by atoms with Gasteiger partial charge >= 0.3 is 7.60 Å². The van der Waals surface area contributed by atoms with Crippen LogP contribution in [0.2, 0.25) is 0 Å². The van der Waals surface area contributed by atoms with Gasteiger partial charge in [-0.3, -0.25) is 24.0 Å². The Morgan fingerprint density at radius 3 is 2.27 bits per heavy atom. The second-order valence-corrected chi connectivity index (χ2v) is 10.2. The molecule has 1 aromatic carbocycles. The standard InChI is InChI=1S/C22H29N2O5P/c1-3-28-30(27,29-4-2)22(16-11-7-5-8-12-16)19-18(15-23-22)20(25)24(21(19)26)17-13-9-6-10-14-17/h5,7-8,11-12,15,17-19H,3-4,6,9-10,13-14H2,1-2H3. The first kappa shape index (κ1) is 21.4. The number of hydrogen-bond acceptors (Lipinski definition) is 6. The highest BCUT2D eigenvalue weighted by molar-refractivity contribution is 7.55. The third-order valence-corrected chi connectivity index (χ3v) is 9.09. The molecule has 0 radical (unpaired) electrons. The maximum absolute atomic E-state index is 14.2. The Balaban J connectivity index is 1.84. The molecule has 3 unspecified atom stereocenters. The summed E-state index contributed by atoms with van der Waals surface area (Å²) >= 11 is 0. The minimum atomic E-state index is -3.92. The van der Waals surface area contributed by atoms with E-state index in [0.29, 0.717) is 5.56 Å². The van der Waals surface area contributed by atoms with Gasteiger partial charge in [0.2, 0.25) is 11.8 Å². The summed E-state index contributed by atoms with van der Waals surface area (Å²) in [6, 6.07) is 8.93. The first-order valence-corrected chi connectivity index (χ1v) is 12.4. The lowest BCUT2D eigenvalue weighted by Gasteiger charge is -2.38. The molecule has 7 nitrogen and oxygen atoms in total. The molecule has 1 saturated carbocycles. The van der Waals surface area contributed by atoms with Crippen molar-refractivity contribution < 1.29 is 23.2 Å². The highest BCUT2D eigenvalue weighted by Crippen LogP contribution is 2.72. The van der Waals surface area contributed by atoms with Gasteiger partial charge in [0.05, 0.1) is 25.0 Å². The number of likely N-dealkylation sites (tertiary alicyclic amines) is 1.